The third-order valence-electron chi connectivity index (χ3n) is 3.55. The third-order valence-corrected chi connectivity index (χ3v) is 4.46. The van der Waals surface area contributed by atoms with Gasteiger partial charge in [-0.1, -0.05) is 0 Å². The van der Waals surface area contributed by atoms with Crippen molar-refractivity contribution in [3.63, 3.8) is 0 Å². The van der Waals surface area contributed by atoms with Crippen molar-refractivity contribution < 1.29 is 8.42 Å². The molecule has 1 unspecified atom stereocenters. The molecule has 0 radical (unpaired) electrons. The molecule has 7 heteroatoms. The largest absolute Gasteiger partial charge is 0.397 e. The van der Waals surface area contributed by atoms with E-state index in [1.165, 1.54) is 25.0 Å². The Labute approximate surface area is 113 Å². The van der Waals surface area contributed by atoms with Crippen molar-refractivity contribution in [2.75, 3.05) is 31.2 Å². The maximum absolute atomic E-state index is 11.2. The SMILES string of the molecule is CN1CCCC1CNc1ccc(S(N)(=O)=O)cc1N. The summed E-state index contributed by atoms with van der Waals surface area (Å²) < 4.78 is 22.4. The molecule has 1 aliphatic heterocycles. The number of hydrogen-bond donors (Lipinski definition) is 3. The molecule has 0 aromatic heterocycles. The summed E-state index contributed by atoms with van der Waals surface area (Å²) in [6.45, 7) is 1.92. The summed E-state index contributed by atoms with van der Waals surface area (Å²) >= 11 is 0. The molecule has 1 aromatic rings. The minimum absolute atomic E-state index is 0.0357. The Balaban J connectivity index is 2.05. The molecule has 106 valence electrons. The van der Waals surface area contributed by atoms with E-state index in [9.17, 15) is 8.42 Å². The van der Waals surface area contributed by atoms with E-state index in [1.54, 1.807) is 6.07 Å². The Hall–Kier alpha value is -1.31. The van der Waals surface area contributed by atoms with Crippen LogP contribution in [-0.4, -0.2) is 39.5 Å². The first kappa shape index (κ1) is 14.1. The Morgan fingerprint density at radius 2 is 2.21 bits per heavy atom. The number of nitrogens with zero attached hydrogens (tertiary/aromatic N) is 1. The monoisotopic (exact) mass is 284 g/mol. The molecule has 1 fully saturated rings. The van der Waals surface area contributed by atoms with Crippen LogP contribution in [0.1, 0.15) is 12.8 Å². The summed E-state index contributed by atoms with van der Waals surface area (Å²) in [5.74, 6) is 0. The fraction of sp³-hybridized carbons (Fsp3) is 0.500. The smallest absolute Gasteiger partial charge is 0.238 e. The lowest BCUT2D eigenvalue weighted by Crippen LogP contribution is -2.31. The second kappa shape index (κ2) is 5.36. The average Bonchev–Trinajstić information content (AvgIpc) is 2.72. The highest BCUT2D eigenvalue weighted by molar-refractivity contribution is 7.89. The fourth-order valence-corrected chi connectivity index (χ4v) is 2.89. The highest BCUT2D eigenvalue weighted by Gasteiger charge is 2.20. The number of nitrogen functional groups attached to an aromatic ring is 1. The molecule has 6 nitrogen and oxygen atoms in total. The van der Waals surface area contributed by atoms with Crippen LogP contribution in [0.25, 0.3) is 0 Å². The number of nitrogens with one attached hydrogen (secondary N) is 1. The van der Waals surface area contributed by atoms with E-state index < -0.39 is 10.0 Å². The summed E-state index contributed by atoms with van der Waals surface area (Å²) in [5, 5.41) is 8.32. The van der Waals surface area contributed by atoms with Gasteiger partial charge in [0.2, 0.25) is 10.0 Å². The Morgan fingerprint density at radius 3 is 2.74 bits per heavy atom. The summed E-state index contributed by atoms with van der Waals surface area (Å²) in [6.07, 6.45) is 2.38. The van der Waals surface area contributed by atoms with Crippen LogP contribution in [0.5, 0.6) is 0 Å². The van der Waals surface area contributed by atoms with Gasteiger partial charge in [-0.05, 0) is 44.6 Å². The minimum atomic E-state index is -3.70. The van der Waals surface area contributed by atoms with Gasteiger partial charge in [0.05, 0.1) is 16.3 Å². The molecule has 19 heavy (non-hydrogen) atoms. The molecule has 1 atom stereocenters. The predicted molar refractivity (Wildman–Crippen MR) is 76.4 cm³/mol. The Morgan fingerprint density at radius 1 is 1.47 bits per heavy atom. The second-order valence-electron chi connectivity index (χ2n) is 4.95. The van der Waals surface area contributed by atoms with Crippen molar-refractivity contribution in [1.29, 1.82) is 0 Å². The van der Waals surface area contributed by atoms with Crippen LogP contribution in [0.2, 0.25) is 0 Å². The van der Waals surface area contributed by atoms with Crippen molar-refractivity contribution in [2.24, 2.45) is 5.14 Å². The van der Waals surface area contributed by atoms with Gasteiger partial charge in [-0.3, -0.25) is 0 Å². The zero-order chi connectivity index (χ0) is 14.0. The molecular weight excluding hydrogens is 264 g/mol. The maximum Gasteiger partial charge on any atom is 0.238 e. The zero-order valence-corrected chi connectivity index (χ0v) is 11.8. The van der Waals surface area contributed by atoms with E-state index >= 15 is 0 Å². The Kier molecular flexibility index (Phi) is 3.98. The van der Waals surface area contributed by atoms with E-state index in [4.69, 9.17) is 10.9 Å². The van der Waals surface area contributed by atoms with E-state index in [0.717, 1.165) is 18.8 Å². The first-order chi connectivity index (χ1) is 8.88. The number of sulfonamides is 1. The number of rotatable bonds is 4. The molecular formula is C12H20N4O2S. The lowest BCUT2D eigenvalue weighted by Gasteiger charge is -2.21. The number of nitrogens with two attached hydrogens (primary N) is 2. The van der Waals surface area contributed by atoms with Crippen LogP contribution in [0.3, 0.4) is 0 Å². The summed E-state index contributed by atoms with van der Waals surface area (Å²) in [4.78, 5) is 2.34. The van der Waals surface area contributed by atoms with Crippen LogP contribution in [0.15, 0.2) is 23.1 Å². The van der Waals surface area contributed by atoms with Crippen LogP contribution in [0, 0.1) is 0 Å². The first-order valence-electron chi connectivity index (χ1n) is 6.24. The molecule has 0 spiro atoms. The average molecular weight is 284 g/mol. The van der Waals surface area contributed by atoms with Gasteiger partial charge in [0.25, 0.3) is 0 Å². The number of hydrogen-bond acceptors (Lipinski definition) is 5. The first-order valence-corrected chi connectivity index (χ1v) is 7.79. The molecule has 1 heterocycles. The quantitative estimate of drug-likeness (QED) is 0.696. The summed E-state index contributed by atoms with van der Waals surface area (Å²) in [7, 11) is -1.59. The van der Waals surface area contributed by atoms with Gasteiger partial charge in [0.1, 0.15) is 0 Å². The third kappa shape index (κ3) is 3.37. The van der Waals surface area contributed by atoms with Gasteiger partial charge in [-0.25, -0.2) is 13.6 Å². The molecule has 1 aromatic carbocycles. The number of anilines is 2. The van der Waals surface area contributed by atoms with Gasteiger partial charge in [0, 0.05) is 12.6 Å². The predicted octanol–water partition coefficient (Wildman–Crippen LogP) is 0.422. The molecule has 0 amide bonds. The van der Waals surface area contributed by atoms with Crippen LogP contribution in [0.4, 0.5) is 11.4 Å². The van der Waals surface area contributed by atoms with Crippen molar-refractivity contribution in [3.05, 3.63) is 18.2 Å². The highest BCUT2D eigenvalue weighted by atomic mass is 32.2. The van der Waals surface area contributed by atoms with Crippen LogP contribution in [-0.2, 0) is 10.0 Å². The Bertz CT molecular complexity index is 559. The highest BCUT2D eigenvalue weighted by Crippen LogP contribution is 2.23. The normalized spacial score (nSPS) is 20.6. The molecule has 2 rings (SSSR count). The van der Waals surface area contributed by atoms with E-state index in [2.05, 4.69) is 17.3 Å². The lowest BCUT2D eigenvalue weighted by molar-refractivity contribution is 0.322. The van der Waals surface area contributed by atoms with E-state index in [1.807, 2.05) is 0 Å². The van der Waals surface area contributed by atoms with Crippen LogP contribution >= 0.6 is 0 Å². The molecule has 0 saturated carbocycles. The number of likely N-dealkylation sites (N-methyl/N-ethyl adjacent to an activating group) is 1. The standard InChI is InChI=1S/C12H20N4O2S/c1-16-6-2-3-9(16)8-15-12-5-4-10(7-11(12)13)19(14,17)18/h4-5,7,9,15H,2-3,6,8,13H2,1H3,(H2,14,17,18). The molecule has 0 aliphatic carbocycles. The second-order valence-corrected chi connectivity index (χ2v) is 6.51. The molecule has 5 N–H and O–H groups in total. The summed E-state index contributed by atoms with van der Waals surface area (Å²) in [6, 6.07) is 5.00. The summed E-state index contributed by atoms with van der Waals surface area (Å²) in [5.41, 5.74) is 6.98. The van der Waals surface area contributed by atoms with Crippen molar-refractivity contribution in [1.82, 2.24) is 4.90 Å². The maximum atomic E-state index is 11.2. The van der Waals surface area contributed by atoms with E-state index in [0.29, 0.717) is 11.7 Å². The fourth-order valence-electron chi connectivity index (χ4n) is 2.34. The van der Waals surface area contributed by atoms with Gasteiger partial charge in [0.15, 0.2) is 0 Å². The van der Waals surface area contributed by atoms with Gasteiger partial charge in [-0.15, -0.1) is 0 Å². The minimum Gasteiger partial charge on any atom is -0.397 e. The van der Waals surface area contributed by atoms with Crippen molar-refractivity contribution in [2.45, 2.75) is 23.8 Å². The van der Waals surface area contributed by atoms with Crippen LogP contribution < -0.4 is 16.2 Å². The van der Waals surface area contributed by atoms with E-state index in [-0.39, 0.29) is 4.90 Å². The van der Waals surface area contributed by atoms with Crippen molar-refractivity contribution >= 4 is 21.4 Å². The van der Waals surface area contributed by atoms with Gasteiger partial charge >= 0.3 is 0 Å². The number of likely N-dealkylation sites (tertiary alicyclic amines) is 1. The molecule has 1 saturated heterocycles. The topological polar surface area (TPSA) is 101 Å². The zero-order valence-electron chi connectivity index (χ0n) is 11.0. The van der Waals surface area contributed by atoms with Gasteiger partial charge in [-0.2, -0.15) is 0 Å². The van der Waals surface area contributed by atoms with Crippen molar-refractivity contribution in [3.8, 4) is 0 Å². The lowest BCUT2D eigenvalue weighted by atomic mass is 10.2. The number of benzene rings is 1. The molecule has 1 aliphatic rings. The molecule has 0 bridgehead atoms. The van der Waals surface area contributed by atoms with Gasteiger partial charge < -0.3 is 16.0 Å². The number of primary sulfonamides is 1.